The van der Waals surface area contributed by atoms with E-state index in [1.807, 2.05) is 20.0 Å². The maximum absolute atomic E-state index is 12.5. The van der Waals surface area contributed by atoms with Gasteiger partial charge in [0, 0.05) is 30.5 Å². The summed E-state index contributed by atoms with van der Waals surface area (Å²) in [6.45, 7) is 11.4. The van der Waals surface area contributed by atoms with Crippen LogP contribution in [0.3, 0.4) is 0 Å². The summed E-state index contributed by atoms with van der Waals surface area (Å²) in [6, 6.07) is 2.03. The molecule has 1 aromatic rings. The van der Waals surface area contributed by atoms with E-state index in [1.54, 1.807) is 0 Å². The average molecular weight is 276 g/mol. The van der Waals surface area contributed by atoms with E-state index in [9.17, 15) is 4.79 Å². The summed E-state index contributed by atoms with van der Waals surface area (Å²) in [6.07, 6.45) is 3.68. The van der Waals surface area contributed by atoms with E-state index in [4.69, 9.17) is 0 Å². The third kappa shape index (κ3) is 2.69. The number of carbonyl (C=O) groups is 1. The lowest BCUT2D eigenvalue weighted by molar-refractivity contribution is 0.0935. The van der Waals surface area contributed by atoms with Crippen molar-refractivity contribution in [3.05, 3.63) is 23.0 Å². The Balaban J connectivity index is 2.04. The molecule has 0 radical (unpaired) electrons. The second-order valence-corrected chi connectivity index (χ2v) is 6.43. The Morgan fingerprint density at radius 3 is 2.40 bits per heavy atom. The molecule has 112 valence electrons. The van der Waals surface area contributed by atoms with E-state index in [-0.39, 0.29) is 5.78 Å². The van der Waals surface area contributed by atoms with Gasteiger partial charge < -0.3 is 4.57 Å². The molecule has 0 spiro atoms. The lowest BCUT2D eigenvalue weighted by atomic mass is 9.82. The predicted molar refractivity (Wildman–Crippen MR) is 83.3 cm³/mol. The number of hydrogen-bond acceptors (Lipinski definition) is 2. The highest BCUT2D eigenvalue weighted by Gasteiger charge is 2.35. The Kier molecular flexibility index (Phi) is 4.38. The van der Waals surface area contributed by atoms with Crippen LogP contribution >= 0.6 is 0 Å². The lowest BCUT2D eigenvalue weighted by Gasteiger charge is -2.26. The number of likely N-dealkylation sites (tertiary alicyclic amines) is 1. The zero-order valence-electron chi connectivity index (χ0n) is 13.6. The van der Waals surface area contributed by atoms with E-state index < -0.39 is 0 Å². The Bertz CT molecular complexity index is 497. The third-order valence-electron chi connectivity index (χ3n) is 5.46. The van der Waals surface area contributed by atoms with Gasteiger partial charge in [-0.3, -0.25) is 9.69 Å². The van der Waals surface area contributed by atoms with Gasteiger partial charge in [-0.25, -0.2) is 0 Å². The van der Waals surface area contributed by atoms with Crippen molar-refractivity contribution in [2.45, 2.75) is 47.0 Å². The van der Waals surface area contributed by atoms with Gasteiger partial charge in [-0.1, -0.05) is 13.8 Å². The molecule has 0 aliphatic carbocycles. The summed E-state index contributed by atoms with van der Waals surface area (Å²) >= 11 is 0. The summed E-state index contributed by atoms with van der Waals surface area (Å²) in [7, 11) is 2.02. The molecule has 0 unspecified atom stereocenters. The van der Waals surface area contributed by atoms with E-state index in [1.165, 1.54) is 19.3 Å². The van der Waals surface area contributed by atoms with Crippen molar-refractivity contribution in [1.82, 2.24) is 9.47 Å². The van der Waals surface area contributed by atoms with Crippen LogP contribution in [0.1, 0.15) is 54.9 Å². The lowest BCUT2D eigenvalue weighted by Crippen LogP contribution is -2.31. The van der Waals surface area contributed by atoms with Crippen LogP contribution in [-0.2, 0) is 7.05 Å². The van der Waals surface area contributed by atoms with Gasteiger partial charge in [-0.15, -0.1) is 0 Å². The van der Waals surface area contributed by atoms with E-state index >= 15 is 0 Å². The minimum atomic E-state index is 0.272. The molecule has 0 aromatic carbocycles. The molecule has 0 N–H and O–H groups in total. The zero-order chi connectivity index (χ0) is 14.9. The van der Waals surface area contributed by atoms with Gasteiger partial charge in [0.15, 0.2) is 5.78 Å². The summed E-state index contributed by atoms with van der Waals surface area (Å²) in [4.78, 5) is 14.9. The van der Waals surface area contributed by atoms with Crippen molar-refractivity contribution >= 4 is 5.78 Å². The number of Topliss-reactive ketones (excluding diaryl/α,β-unsaturated/α-hetero) is 1. The van der Waals surface area contributed by atoms with Gasteiger partial charge in [-0.05, 0) is 51.1 Å². The molecule has 1 aliphatic rings. The first-order chi connectivity index (χ1) is 9.42. The van der Waals surface area contributed by atoms with Crippen LogP contribution in [0.5, 0.6) is 0 Å². The first-order valence-electron chi connectivity index (χ1n) is 7.81. The summed E-state index contributed by atoms with van der Waals surface area (Å²) < 4.78 is 2.10. The van der Waals surface area contributed by atoms with Crippen LogP contribution in [0, 0.1) is 19.3 Å². The van der Waals surface area contributed by atoms with Gasteiger partial charge >= 0.3 is 0 Å². The molecule has 1 aromatic heterocycles. The fourth-order valence-corrected chi connectivity index (χ4v) is 3.42. The number of hydrogen-bond donors (Lipinski definition) is 0. The normalized spacial score (nSPS) is 18.6. The quantitative estimate of drug-likeness (QED) is 0.771. The second-order valence-electron chi connectivity index (χ2n) is 6.43. The highest BCUT2D eigenvalue weighted by Crippen LogP contribution is 2.36. The highest BCUT2D eigenvalue weighted by atomic mass is 16.1. The smallest absolute Gasteiger partial charge is 0.178 e. The maximum Gasteiger partial charge on any atom is 0.178 e. The topological polar surface area (TPSA) is 25.2 Å². The SMILES string of the molecule is CCC1(CC)CCN(CC(=O)c2cc(C)n(C)c2C)C1. The molecule has 1 fully saturated rings. The Morgan fingerprint density at radius 1 is 1.30 bits per heavy atom. The Labute approximate surface area is 123 Å². The minimum Gasteiger partial charge on any atom is -0.351 e. The highest BCUT2D eigenvalue weighted by molar-refractivity contribution is 5.99. The van der Waals surface area contributed by atoms with Crippen LogP contribution in [0.25, 0.3) is 0 Å². The zero-order valence-corrected chi connectivity index (χ0v) is 13.6. The molecule has 0 bridgehead atoms. The molecule has 20 heavy (non-hydrogen) atoms. The van der Waals surface area contributed by atoms with Crippen molar-refractivity contribution < 1.29 is 4.79 Å². The molecule has 0 saturated carbocycles. The van der Waals surface area contributed by atoms with Crippen LogP contribution < -0.4 is 0 Å². The van der Waals surface area contributed by atoms with Crippen molar-refractivity contribution in [2.75, 3.05) is 19.6 Å². The fraction of sp³-hybridized carbons (Fsp3) is 0.706. The predicted octanol–water partition coefficient (Wildman–Crippen LogP) is 3.34. The summed E-state index contributed by atoms with van der Waals surface area (Å²) in [5.41, 5.74) is 3.59. The molecule has 2 rings (SSSR count). The molecule has 3 nitrogen and oxygen atoms in total. The minimum absolute atomic E-state index is 0.272. The number of nitrogens with zero attached hydrogens (tertiary/aromatic N) is 2. The first-order valence-corrected chi connectivity index (χ1v) is 7.81. The Morgan fingerprint density at radius 2 is 1.95 bits per heavy atom. The molecule has 0 atom stereocenters. The molecule has 0 amide bonds. The van der Waals surface area contributed by atoms with E-state index in [0.717, 1.165) is 30.0 Å². The van der Waals surface area contributed by atoms with Gasteiger partial charge in [-0.2, -0.15) is 0 Å². The third-order valence-corrected chi connectivity index (χ3v) is 5.46. The fourth-order valence-electron chi connectivity index (χ4n) is 3.42. The summed E-state index contributed by atoms with van der Waals surface area (Å²) in [5.74, 6) is 0.272. The molecule has 1 saturated heterocycles. The van der Waals surface area contributed by atoms with Gasteiger partial charge in [0.05, 0.1) is 6.54 Å². The summed E-state index contributed by atoms with van der Waals surface area (Å²) in [5, 5.41) is 0. The number of rotatable bonds is 5. The average Bonchev–Trinajstić information content (AvgIpc) is 2.96. The number of carbonyl (C=O) groups excluding carboxylic acids is 1. The van der Waals surface area contributed by atoms with Crippen LogP contribution in [-0.4, -0.2) is 34.9 Å². The Hall–Kier alpha value is -1.09. The molecule has 1 aliphatic heterocycles. The maximum atomic E-state index is 12.5. The number of aryl methyl sites for hydroxylation is 1. The standard InChI is InChI=1S/C17H28N2O/c1-6-17(7-2)8-9-19(12-17)11-16(20)15-10-13(3)18(5)14(15)4/h10H,6-9,11-12H2,1-5H3. The molecule has 2 heterocycles. The molecular formula is C17H28N2O. The number of ketones is 1. The monoisotopic (exact) mass is 276 g/mol. The van der Waals surface area contributed by atoms with Crippen LogP contribution in [0.4, 0.5) is 0 Å². The van der Waals surface area contributed by atoms with Crippen LogP contribution in [0.15, 0.2) is 6.07 Å². The van der Waals surface area contributed by atoms with E-state index in [0.29, 0.717) is 12.0 Å². The van der Waals surface area contributed by atoms with Crippen molar-refractivity contribution in [3.63, 3.8) is 0 Å². The van der Waals surface area contributed by atoms with Crippen molar-refractivity contribution in [3.8, 4) is 0 Å². The van der Waals surface area contributed by atoms with Crippen molar-refractivity contribution in [1.29, 1.82) is 0 Å². The van der Waals surface area contributed by atoms with Gasteiger partial charge in [0.1, 0.15) is 0 Å². The van der Waals surface area contributed by atoms with Crippen molar-refractivity contribution in [2.24, 2.45) is 12.5 Å². The molecular weight excluding hydrogens is 248 g/mol. The molecule has 3 heteroatoms. The first kappa shape index (κ1) is 15.3. The second kappa shape index (κ2) is 5.72. The largest absolute Gasteiger partial charge is 0.351 e. The van der Waals surface area contributed by atoms with Gasteiger partial charge in [0.25, 0.3) is 0 Å². The van der Waals surface area contributed by atoms with Gasteiger partial charge in [0.2, 0.25) is 0 Å². The van der Waals surface area contributed by atoms with Crippen LogP contribution in [0.2, 0.25) is 0 Å². The van der Waals surface area contributed by atoms with E-state index in [2.05, 4.69) is 30.2 Å². The number of aromatic nitrogens is 1.